The summed E-state index contributed by atoms with van der Waals surface area (Å²) in [6.07, 6.45) is 1.34. The summed E-state index contributed by atoms with van der Waals surface area (Å²) in [7, 11) is 2.22. The van der Waals surface area contributed by atoms with Crippen LogP contribution in [0.1, 0.15) is 27.2 Å². The highest BCUT2D eigenvalue weighted by molar-refractivity contribution is 4.81. The normalized spacial score (nSPS) is 29.0. The third kappa shape index (κ3) is 4.19. The second-order valence-corrected chi connectivity index (χ2v) is 6.96. The van der Waals surface area contributed by atoms with Gasteiger partial charge in [0.05, 0.1) is 0 Å². The van der Waals surface area contributed by atoms with Crippen LogP contribution in [0.4, 0.5) is 0 Å². The summed E-state index contributed by atoms with van der Waals surface area (Å²) in [5.41, 5.74) is 0.251. The molecule has 2 saturated heterocycles. The van der Waals surface area contributed by atoms with Crippen molar-refractivity contribution >= 4 is 0 Å². The first-order chi connectivity index (χ1) is 8.44. The maximum Gasteiger partial charge on any atom is 0.0261 e. The molecular weight excluding hydrogens is 224 g/mol. The lowest BCUT2D eigenvalue weighted by Crippen LogP contribution is -2.52. The Morgan fingerprint density at radius 3 is 2.28 bits per heavy atom. The lowest BCUT2D eigenvalue weighted by atomic mass is 10.1. The number of nitrogens with zero attached hydrogens (tertiary/aromatic N) is 3. The molecule has 106 valence electrons. The van der Waals surface area contributed by atoms with E-state index >= 15 is 0 Å². The third-order valence-corrected chi connectivity index (χ3v) is 4.07. The van der Waals surface area contributed by atoms with E-state index in [2.05, 4.69) is 48.1 Å². The lowest BCUT2D eigenvalue weighted by molar-refractivity contribution is -0.0382. The SMILES string of the molecule is CN1CCN(N2CCC(CNC(C)(C)C)C2)CC1. The van der Waals surface area contributed by atoms with Gasteiger partial charge in [-0.3, -0.25) is 0 Å². The van der Waals surface area contributed by atoms with Gasteiger partial charge in [-0.1, -0.05) is 0 Å². The van der Waals surface area contributed by atoms with E-state index in [1.807, 2.05) is 0 Å². The van der Waals surface area contributed by atoms with Crippen LogP contribution in [-0.2, 0) is 0 Å². The first kappa shape index (κ1) is 14.3. The van der Waals surface area contributed by atoms with Crippen molar-refractivity contribution in [2.45, 2.75) is 32.7 Å². The Morgan fingerprint density at radius 1 is 1.00 bits per heavy atom. The van der Waals surface area contributed by atoms with Crippen LogP contribution in [0.25, 0.3) is 0 Å². The van der Waals surface area contributed by atoms with E-state index in [1.54, 1.807) is 0 Å². The van der Waals surface area contributed by atoms with Crippen LogP contribution >= 0.6 is 0 Å². The summed E-state index contributed by atoms with van der Waals surface area (Å²) in [6, 6.07) is 0. The van der Waals surface area contributed by atoms with Gasteiger partial charge in [0.15, 0.2) is 0 Å². The zero-order valence-electron chi connectivity index (χ0n) is 12.6. The third-order valence-electron chi connectivity index (χ3n) is 4.07. The minimum absolute atomic E-state index is 0.251. The van der Waals surface area contributed by atoms with Gasteiger partial charge >= 0.3 is 0 Å². The van der Waals surface area contributed by atoms with E-state index in [0.29, 0.717) is 0 Å². The summed E-state index contributed by atoms with van der Waals surface area (Å²) in [5, 5.41) is 8.79. The Balaban J connectivity index is 1.71. The van der Waals surface area contributed by atoms with Crippen molar-refractivity contribution in [3.63, 3.8) is 0 Å². The fourth-order valence-electron chi connectivity index (χ4n) is 2.76. The number of nitrogens with one attached hydrogen (secondary N) is 1. The zero-order valence-corrected chi connectivity index (χ0v) is 12.6. The highest BCUT2D eigenvalue weighted by Crippen LogP contribution is 2.19. The van der Waals surface area contributed by atoms with Crippen LogP contribution < -0.4 is 5.32 Å². The van der Waals surface area contributed by atoms with E-state index in [9.17, 15) is 0 Å². The van der Waals surface area contributed by atoms with Crippen molar-refractivity contribution in [2.75, 3.05) is 52.9 Å². The van der Waals surface area contributed by atoms with Gasteiger partial charge in [0.25, 0.3) is 0 Å². The maximum absolute atomic E-state index is 3.64. The summed E-state index contributed by atoms with van der Waals surface area (Å²) in [5.74, 6) is 0.823. The van der Waals surface area contributed by atoms with Crippen molar-refractivity contribution in [1.29, 1.82) is 0 Å². The highest BCUT2D eigenvalue weighted by Gasteiger charge is 2.28. The monoisotopic (exact) mass is 254 g/mol. The Kier molecular flexibility index (Phi) is 4.64. The molecule has 2 aliphatic heterocycles. The van der Waals surface area contributed by atoms with E-state index in [-0.39, 0.29) is 5.54 Å². The van der Waals surface area contributed by atoms with Gasteiger partial charge in [-0.15, -0.1) is 0 Å². The summed E-state index contributed by atoms with van der Waals surface area (Å²) in [6.45, 7) is 15.2. The van der Waals surface area contributed by atoms with Crippen LogP contribution in [0.5, 0.6) is 0 Å². The molecule has 0 bridgehead atoms. The van der Waals surface area contributed by atoms with Crippen LogP contribution in [0.2, 0.25) is 0 Å². The largest absolute Gasteiger partial charge is 0.312 e. The molecule has 0 aromatic rings. The number of piperazine rings is 1. The van der Waals surface area contributed by atoms with E-state index < -0.39 is 0 Å². The quantitative estimate of drug-likeness (QED) is 0.806. The van der Waals surface area contributed by atoms with Gasteiger partial charge in [-0.2, -0.15) is 0 Å². The molecule has 0 aromatic carbocycles. The molecule has 0 aliphatic carbocycles. The van der Waals surface area contributed by atoms with Gasteiger partial charge in [0.1, 0.15) is 0 Å². The summed E-state index contributed by atoms with van der Waals surface area (Å²) >= 11 is 0. The van der Waals surface area contributed by atoms with Crippen LogP contribution in [-0.4, -0.2) is 73.3 Å². The van der Waals surface area contributed by atoms with Gasteiger partial charge in [-0.05, 0) is 46.7 Å². The second kappa shape index (κ2) is 5.87. The fourth-order valence-corrected chi connectivity index (χ4v) is 2.76. The first-order valence-electron chi connectivity index (χ1n) is 7.37. The van der Waals surface area contributed by atoms with Crippen LogP contribution in [0.15, 0.2) is 0 Å². The molecule has 0 aromatic heterocycles. The Labute approximate surface area is 112 Å². The molecule has 2 aliphatic rings. The summed E-state index contributed by atoms with van der Waals surface area (Å²) < 4.78 is 0. The predicted molar refractivity (Wildman–Crippen MR) is 76.5 cm³/mol. The maximum atomic E-state index is 3.64. The standard InChI is InChI=1S/C14H30N4/c1-14(2,3)15-11-13-5-6-18(12-13)17-9-7-16(4)8-10-17/h13,15H,5-12H2,1-4H3. The molecule has 0 radical (unpaired) electrons. The molecule has 18 heavy (non-hydrogen) atoms. The minimum atomic E-state index is 0.251. The van der Waals surface area contributed by atoms with E-state index in [4.69, 9.17) is 0 Å². The molecule has 0 amide bonds. The Bertz CT molecular complexity index is 253. The molecule has 2 rings (SSSR count). The average Bonchev–Trinajstić information content (AvgIpc) is 2.75. The van der Waals surface area contributed by atoms with E-state index in [1.165, 1.54) is 45.7 Å². The molecule has 2 fully saturated rings. The van der Waals surface area contributed by atoms with Crippen molar-refractivity contribution in [2.24, 2.45) is 5.92 Å². The topological polar surface area (TPSA) is 21.8 Å². The first-order valence-corrected chi connectivity index (χ1v) is 7.37. The van der Waals surface area contributed by atoms with Crippen molar-refractivity contribution < 1.29 is 0 Å². The van der Waals surface area contributed by atoms with Crippen molar-refractivity contribution in [3.8, 4) is 0 Å². The average molecular weight is 254 g/mol. The lowest BCUT2D eigenvalue weighted by Gasteiger charge is -2.38. The van der Waals surface area contributed by atoms with E-state index in [0.717, 1.165) is 12.5 Å². The zero-order chi connectivity index (χ0) is 13.2. The van der Waals surface area contributed by atoms with Crippen LogP contribution in [0, 0.1) is 5.92 Å². The molecule has 0 saturated carbocycles. The predicted octanol–water partition coefficient (Wildman–Crippen LogP) is 0.859. The molecule has 1 atom stereocenters. The number of rotatable bonds is 3. The molecule has 4 nitrogen and oxygen atoms in total. The highest BCUT2D eigenvalue weighted by atomic mass is 15.6. The van der Waals surface area contributed by atoms with Crippen LogP contribution in [0.3, 0.4) is 0 Å². The molecule has 2 heterocycles. The Morgan fingerprint density at radius 2 is 1.67 bits per heavy atom. The van der Waals surface area contributed by atoms with Gasteiger partial charge < -0.3 is 10.2 Å². The number of hydrogen-bond donors (Lipinski definition) is 1. The van der Waals surface area contributed by atoms with Crippen molar-refractivity contribution in [1.82, 2.24) is 20.2 Å². The smallest absolute Gasteiger partial charge is 0.0261 e. The number of likely N-dealkylation sites (N-methyl/N-ethyl adjacent to an activating group) is 1. The fraction of sp³-hybridized carbons (Fsp3) is 1.00. The van der Waals surface area contributed by atoms with Gasteiger partial charge in [0, 0.05) is 44.8 Å². The summed E-state index contributed by atoms with van der Waals surface area (Å²) in [4.78, 5) is 2.42. The Hall–Kier alpha value is -0.160. The molecule has 1 N–H and O–H groups in total. The molecular formula is C14H30N4. The minimum Gasteiger partial charge on any atom is -0.312 e. The molecule has 0 spiro atoms. The van der Waals surface area contributed by atoms with Crippen molar-refractivity contribution in [3.05, 3.63) is 0 Å². The number of hydrogen-bond acceptors (Lipinski definition) is 4. The van der Waals surface area contributed by atoms with Gasteiger partial charge in [-0.25, -0.2) is 10.0 Å². The second-order valence-electron chi connectivity index (χ2n) is 6.96. The van der Waals surface area contributed by atoms with Gasteiger partial charge in [0.2, 0.25) is 0 Å². The number of hydrazine groups is 1. The molecule has 4 heteroatoms. The molecule has 1 unspecified atom stereocenters.